The van der Waals surface area contributed by atoms with E-state index in [-0.39, 0.29) is 0 Å². The summed E-state index contributed by atoms with van der Waals surface area (Å²) in [5.74, 6) is 0. The topological polar surface area (TPSA) is 34.1 Å². The lowest BCUT2D eigenvalue weighted by atomic mass is 10.4. The van der Waals surface area contributed by atoms with E-state index < -0.39 is 10.3 Å². The Kier molecular flexibility index (Phi) is 8.25. The molecule has 2 nitrogen and oxygen atoms in total. The lowest BCUT2D eigenvalue weighted by Crippen LogP contribution is -1.71. The molecule has 0 aliphatic heterocycles. The smallest absolute Gasteiger partial charge is 0.185 e. The molecule has 0 atom stereocenters. The van der Waals surface area contributed by atoms with E-state index in [0.717, 1.165) is 6.42 Å². The van der Waals surface area contributed by atoms with Crippen LogP contribution in [0.15, 0.2) is 36.4 Å². The van der Waals surface area contributed by atoms with Crippen molar-refractivity contribution in [3.8, 4) is 0 Å². The standard InChI is InChI=1S/C6H6.C4H8O2S/c1-2-4-6-5-3-1;1-2-3-4-7(5)6/h1-6H;4H,2-3H2,1H3. The Hall–Kier alpha value is -1.09. The maximum absolute atomic E-state index is 9.70. The van der Waals surface area contributed by atoms with E-state index in [2.05, 4.69) is 0 Å². The number of unbranched alkanes of at least 4 members (excludes halogenated alkanes) is 1. The molecular formula is C10H14O2S. The molecule has 0 amide bonds. The summed E-state index contributed by atoms with van der Waals surface area (Å²) in [6.07, 6.45) is 1.56. The Balaban J connectivity index is 0.000000223. The third-order valence-corrected chi connectivity index (χ3v) is 1.72. The fourth-order valence-electron chi connectivity index (χ4n) is 0.599. The molecular weight excluding hydrogens is 184 g/mol. The van der Waals surface area contributed by atoms with Gasteiger partial charge in [0.05, 0.1) is 0 Å². The van der Waals surface area contributed by atoms with Gasteiger partial charge in [0.1, 0.15) is 0 Å². The van der Waals surface area contributed by atoms with Gasteiger partial charge >= 0.3 is 0 Å². The van der Waals surface area contributed by atoms with Crippen LogP contribution >= 0.6 is 0 Å². The maximum Gasteiger partial charge on any atom is 0.209 e. The van der Waals surface area contributed by atoms with Crippen molar-refractivity contribution in [3.05, 3.63) is 36.4 Å². The predicted octanol–water partition coefficient (Wildman–Crippen LogP) is 2.15. The van der Waals surface area contributed by atoms with Crippen LogP contribution in [0.5, 0.6) is 0 Å². The Labute approximate surface area is 80.8 Å². The number of hydrogen-bond donors (Lipinski definition) is 0. The fourth-order valence-corrected chi connectivity index (χ4v) is 1.03. The summed E-state index contributed by atoms with van der Waals surface area (Å²) >= 11 is 0. The minimum Gasteiger partial charge on any atom is -0.185 e. The second kappa shape index (κ2) is 9.00. The van der Waals surface area contributed by atoms with Crippen LogP contribution < -0.4 is 0 Å². The van der Waals surface area contributed by atoms with Gasteiger partial charge in [-0.15, -0.1) is 0 Å². The van der Waals surface area contributed by atoms with Gasteiger partial charge in [0.2, 0.25) is 10.3 Å². The van der Waals surface area contributed by atoms with Crippen molar-refractivity contribution in [1.29, 1.82) is 0 Å². The second-order valence-corrected chi connectivity index (χ2v) is 3.22. The molecule has 0 aliphatic carbocycles. The third-order valence-electron chi connectivity index (χ3n) is 1.21. The van der Waals surface area contributed by atoms with Gasteiger partial charge in [-0.1, -0.05) is 49.7 Å². The number of hydrogen-bond acceptors (Lipinski definition) is 2. The maximum atomic E-state index is 9.70. The Bertz CT molecular complexity index is 279. The van der Waals surface area contributed by atoms with Crippen molar-refractivity contribution in [3.63, 3.8) is 0 Å². The molecule has 0 bridgehead atoms. The van der Waals surface area contributed by atoms with Crippen molar-refractivity contribution in [2.24, 2.45) is 0 Å². The fraction of sp³-hybridized carbons (Fsp3) is 0.300. The first kappa shape index (κ1) is 11.9. The normalized spacial score (nSPS) is 8.08. The van der Waals surface area contributed by atoms with E-state index in [1.165, 1.54) is 5.37 Å². The van der Waals surface area contributed by atoms with Crippen LogP contribution in [0, 0.1) is 0 Å². The molecule has 0 saturated carbocycles. The van der Waals surface area contributed by atoms with Crippen LogP contribution in [0.1, 0.15) is 19.8 Å². The average molecular weight is 198 g/mol. The van der Waals surface area contributed by atoms with Crippen molar-refractivity contribution in [2.75, 3.05) is 0 Å². The Morgan fingerprint density at radius 2 is 1.38 bits per heavy atom. The van der Waals surface area contributed by atoms with Gasteiger partial charge in [0.15, 0.2) is 0 Å². The Morgan fingerprint density at radius 3 is 1.54 bits per heavy atom. The molecule has 0 heterocycles. The molecule has 0 saturated heterocycles. The first-order chi connectivity index (χ1) is 6.27. The minimum atomic E-state index is -1.94. The number of benzene rings is 1. The summed E-state index contributed by atoms with van der Waals surface area (Å²) in [5.41, 5.74) is 0. The van der Waals surface area contributed by atoms with Crippen LogP contribution in [0.25, 0.3) is 0 Å². The zero-order chi connectivity index (χ0) is 9.94. The largest absolute Gasteiger partial charge is 0.209 e. The third kappa shape index (κ3) is 10.9. The first-order valence-corrected chi connectivity index (χ1v) is 5.32. The molecule has 0 unspecified atom stereocenters. The van der Waals surface area contributed by atoms with Gasteiger partial charge in [0.25, 0.3) is 0 Å². The molecule has 1 aromatic carbocycles. The monoisotopic (exact) mass is 198 g/mol. The first-order valence-electron chi connectivity index (χ1n) is 4.18. The quantitative estimate of drug-likeness (QED) is 0.682. The summed E-state index contributed by atoms with van der Waals surface area (Å²) in [5, 5.41) is 1.26. The van der Waals surface area contributed by atoms with Crippen molar-refractivity contribution < 1.29 is 8.42 Å². The molecule has 0 N–H and O–H groups in total. The van der Waals surface area contributed by atoms with Gasteiger partial charge in [-0.25, -0.2) is 0 Å². The van der Waals surface area contributed by atoms with Crippen LogP contribution in [0.3, 0.4) is 0 Å². The second-order valence-electron chi connectivity index (χ2n) is 2.37. The molecule has 0 aromatic heterocycles. The summed E-state index contributed by atoms with van der Waals surface area (Å²) in [6.45, 7) is 1.93. The summed E-state index contributed by atoms with van der Waals surface area (Å²) in [7, 11) is -1.94. The molecule has 1 rings (SSSR count). The van der Waals surface area contributed by atoms with Crippen LogP contribution in [-0.2, 0) is 10.3 Å². The zero-order valence-corrected chi connectivity index (χ0v) is 8.50. The van der Waals surface area contributed by atoms with Gasteiger partial charge in [-0.05, 0) is 6.42 Å². The molecule has 0 aliphatic rings. The molecule has 0 radical (unpaired) electrons. The lowest BCUT2D eigenvalue weighted by Gasteiger charge is -1.71. The van der Waals surface area contributed by atoms with E-state index >= 15 is 0 Å². The van der Waals surface area contributed by atoms with E-state index in [4.69, 9.17) is 0 Å². The summed E-state index contributed by atoms with van der Waals surface area (Å²) < 4.78 is 19.4. The van der Waals surface area contributed by atoms with Crippen molar-refractivity contribution in [2.45, 2.75) is 19.8 Å². The molecule has 0 spiro atoms. The van der Waals surface area contributed by atoms with Crippen LogP contribution in [0.2, 0.25) is 0 Å². The highest BCUT2D eigenvalue weighted by Gasteiger charge is 1.70. The van der Waals surface area contributed by atoms with Crippen LogP contribution in [-0.4, -0.2) is 13.8 Å². The molecule has 3 heteroatoms. The van der Waals surface area contributed by atoms with E-state index in [1.807, 2.05) is 43.3 Å². The molecule has 13 heavy (non-hydrogen) atoms. The van der Waals surface area contributed by atoms with E-state index in [1.54, 1.807) is 0 Å². The average Bonchev–Trinajstić information content (AvgIpc) is 2.18. The van der Waals surface area contributed by atoms with E-state index in [0.29, 0.717) is 6.42 Å². The van der Waals surface area contributed by atoms with Crippen molar-refractivity contribution in [1.82, 2.24) is 0 Å². The lowest BCUT2D eigenvalue weighted by molar-refractivity contribution is 0.627. The summed E-state index contributed by atoms with van der Waals surface area (Å²) in [4.78, 5) is 0. The minimum absolute atomic E-state index is 0.663. The Morgan fingerprint density at radius 1 is 1.00 bits per heavy atom. The van der Waals surface area contributed by atoms with Gasteiger partial charge in [-0.2, -0.15) is 8.42 Å². The van der Waals surface area contributed by atoms with E-state index in [9.17, 15) is 8.42 Å². The van der Waals surface area contributed by atoms with Gasteiger partial charge in [-0.3, -0.25) is 0 Å². The van der Waals surface area contributed by atoms with Crippen LogP contribution in [0.4, 0.5) is 0 Å². The van der Waals surface area contributed by atoms with Crippen molar-refractivity contribution >= 4 is 15.7 Å². The SMILES string of the molecule is CCCC=S(=O)=O.c1ccccc1. The summed E-state index contributed by atoms with van der Waals surface area (Å²) in [6, 6.07) is 12.0. The highest BCUT2D eigenvalue weighted by Crippen LogP contribution is 1.79. The highest BCUT2D eigenvalue weighted by molar-refractivity contribution is 7.71. The molecule has 72 valence electrons. The molecule has 1 aromatic rings. The van der Waals surface area contributed by atoms with Gasteiger partial charge in [0, 0.05) is 5.37 Å². The molecule has 0 fully saturated rings. The highest BCUT2D eigenvalue weighted by atomic mass is 32.2. The number of rotatable bonds is 2. The predicted molar refractivity (Wildman–Crippen MR) is 56.3 cm³/mol. The zero-order valence-electron chi connectivity index (χ0n) is 7.68. The van der Waals surface area contributed by atoms with Gasteiger partial charge < -0.3 is 0 Å².